The molecule has 4 rings (SSSR count). The van der Waals surface area contributed by atoms with Crippen LogP contribution in [0.4, 0.5) is 5.69 Å². The Labute approximate surface area is 169 Å². The number of aliphatic hydroxyl groups is 1. The van der Waals surface area contributed by atoms with E-state index in [1.165, 1.54) is 12.8 Å². The first-order valence-electron chi connectivity index (χ1n) is 9.69. The normalized spacial score (nSPS) is 19.5. The number of nitrogens with zero attached hydrogens (tertiary/aromatic N) is 2. The number of hydrogen-bond acceptors (Lipinski definition) is 4. The van der Waals surface area contributed by atoms with Crippen LogP contribution in [0.2, 0.25) is 5.02 Å². The van der Waals surface area contributed by atoms with Gasteiger partial charge in [0, 0.05) is 36.6 Å². The molecule has 1 N–H and O–H groups in total. The van der Waals surface area contributed by atoms with Crippen LogP contribution >= 0.6 is 22.9 Å². The number of hydrogen-bond donors (Lipinski definition) is 1. The van der Waals surface area contributed by atoms with Crippen LogP contribution in [-0.4, -0.2) is 42.1 Å². The van der Waals surface area contributed by atoms with E-state index in [2.05, 4.69) is 4.90 Å². The van der Waals surface area contributed by atoms with Crippen LogP contribution in [0.15, 0.2) is 35.7 Å². The Morgan fingerprint density at radius 3 is 2.52 bits per heavy atom. The lowest BCUT2D eigenvalue weighted by molar-refractivity contribution is 0.0474. The number of carbonyl (C=O) groups is 1. The van der Waals surface area contributed by atoms with E-state index in [0.717, 1.165) is 36.5 Å². The molecule has 27 heavy (non-hydrogen) atoms. The van der Waals surface area contributed by atoms with E-state index in [1.807, 2.05) is 40.6 Å². The third-order valence-electron chi connectivity index (χ3n) is 5.75. The summed E-state index contributed by atoms with van der Waals surface area (Å²) >= 11 is 8.06. The fraction of sp³-hybridized carbons (Fsp3) is 0.476. The Bertz CT molecular complexity index is 781. The van der Waals surface area contributed by atoms with Crippen molar-refractivity contribution in [1.82, 2.24) is 4.90 Å². The predicted molar refractivity (Wildman–Crippen MR) is 111 cm³/mol. The first kappa shape index (κ1) is 18.8. The van der Waals surface area contributed by atoms with E-state index in [-0.39, 0.29) is 11.8 Å². The molecule has 1 aromatic heterocycles. The lowest BCUT2D eigenvalue weighted by Crippen LogP contribution is -2.39. The minimum Gasteiger partial charge on any atom is -0.387 e. The lowest BCUT2D eigenvalue weighted by atomic mass is 9.90. The summed E-state index contributed by atoms with van der Waals surface area (Å²) < 4.78 is 0. The van der Waals surface area contributed by atoms with E-state index in [4.69, 9.17) is 11.6 Å². The van der Waals surface area contributed by atoms with Crippen LogP contribution in [0.3, 0.4) is 0 Å². The molecular formula is C21H25ClN2O2S. The summed E-state index contributed by atoms with van der Waals surface area (Å²) in [5.74, 6) is 0.253. The van der Waals surface area contributed by atoms with Crippen molar-refractivity contribution in [3.8, 4) is 0 Å². The van der Waals surface area contributed by atoms with Crippen molar-refractivity contribution in [3.05, 3.63) is 51.2 Å². The number of aliphatic hydroxyl groups excluding tert-OH is 1. The number of amides is 1. The van der Waals surface area contributed by atoms with Crippen LogP contribution in [-0.2, 0) is 0 Å². The molecule has 2 aliphatic rings. The van der Waals surface area contributed by atoms with E-state index in [9.17, 15) is 9.90 Å². The van der Waals surface area contributed by atoms with E-state index < -0.39 is 6.10 Å². The number of carbonyl (C=O) groups excluding carboxylic acids is 1. The minimum atomic E-state index is -0.420. The van der Waals surface area contributed by atoms with Gasteiger partial charge in [-0.25, -0.2) is 0 Å². The largest absolute Gasteiger partial charge is 0.387 e. The molecule has 1 amide bonds. The van der Waals surface area contributed by atoms with Crippen LogP contribution in [0.5, 0.6) is 0 Å². The van der Waals surface area contributed by atoms with E-state index >= 15 is 0 Å². The first-order valence-corrected chi connectivity index (χ1v) is 10.9. The summed E-state index contributed by atoms with van der Waals surface area (Å²) in [7, 11) is 0. The van der Waals surface area contributed by atoms with Crippen molar-refractivity contribution in [2.75, 3.05) is 31.1 Å². The minimum absolute atomic E-state index is 0.0361. The molecule has 6 heteroatoms. The van der Waals surface area contributed by atoms with E-state index in [1.54, 1.807) is 11.3 Å². The van der Waals surface area contributed by atoms with Crippen molar-refractivity contribution >= 4 is 34.5 Å². The summed E-state index contributed by atoms with van der Waals surface area (Å²) in [6.07, 6.45) is 3.62. The second-order valence-corrected chi connectivity index (χ2v) is 8.84. The molecule has 0 aliphatic carbocycles. The smallest absolute Gasteiger partial charge is 0.253 e. The van der Waals surface area contributed by atoms with Gasteiger partial charge in [-0.3, -0.25) is 4.79 Å². The van der Waals surface area contributed by atoms with Crippen LogP contribution < -0.4 is 4.90 Å². The molecule has 0 saturated carbocycles. The van der Waals surface area contributed by atoms with Gasteiger partial charge < -0.3 is 14.9 Å². The Balaban J connectivity index is 1.38. The molecule has 1 aromatic carbocycles. The summed E-state index contributed by atoms with van der Waals surface area (Å²) in [6.45, 7) is 3.43. The maximum absolute atomic E-state index is 12.9. The fourth-order valence-electron chi connectivity index (χ4n) is 4.15. The quantitative estimate of drug-likeness (QED) is 0.810. The molecule has 2 aliphatic heterocycles. The molecule has 3 heterocycles. The average molecular weight is 405 g/mol. The van der Waals surface area contributed by atoms with Gasteiger partial charge in [-0.2, -0.15) is 0 Å². The van der Waals surface area contributed by atoms with Crippen molar-refractivity contribution in [2.24, 2.45) is 5.92 Å². The number of thiophene rings is 1. The van der Waals surface area contributed by atoms with Crippen LogP contribution in [0, 0.1) is 5.92 Å². The SMILES string of the molecule is O=C(c1ccc(N2CCCC2)c(Cl)c1)N1CCC(C(O)c2cccs2)CC1. The van der Waals surface area contributed by atoms with Crippen LogP contribution in [0.25, 0.3) is 0 Å². The molecular weight excluding hydrogens is 380 g/mol. The van der Waals surface area contributed by atoms with Crippen molar-refractivity contribution in [1.29, 1.82) is 0 Å². The zero-order valence-electron chi connectivity index (χ0n) is 15.3. The first-order chi connectivity index (χ1) is 13.1. The van der Waals surface area contributed by atoms with Gasteiger partial charge >= 0.3 is 0 Å². The molecule has 0 spiro atoms. The maximum Gasteiger partial charge on any atom is 0.253 e. The summed E-state index contributed by atoms with van der Waals surface area (Å²) in [5.41, 5.74) is 1.68. The Hall–Kier alpha value is -1.56. The highest BCUT2D eigenvalue weighted by molar-refractivity contribution is 7.10. The molecule has 2 aromatic rings. The summed E-state index contributed by atoms with van der Waals surface area (Å²) in [4.78, 5) is 18.1. The second kappa shape index (κ2) is 8.21. The Morgan fingerprint density at radius 1 is 1.15 bits per heavy atom. The number of rotatable bonds is 4. The lowest BCUT2D eigenvalue weighted by Gasteiger charge is -2.34. The fourth-order valence-corrected chi connectivity index (χ4v) is 5.25. The monoisotopic (exact) mass is 404 g/mol. The molecule has 0 radical (unpaired) electrons. The number of anilines is 1. The summed E-state index contributed by atoms with van der Waals surface area (Å²) in [5, 5.41) is 13.2. The standard InChI is InChI=1S/C21H25ClN2O2S/c22-17-14-16(5-6-18(17)23-9-1-2-10-23)21(26)24-11-7-15(8-12-24)20(25)19-4-3-13-27-19/h3-6,13-15,20,25H,1-2,7-12H2. The molecule has 144 valence electrons. The van der Waals surface area contributed by atoms with Gasteiger partial charge in [0.2, 0.25) is 0 Å². The van der Waals surface area contributed by atoms with E-state index in [0.29, 0.717) is 23.7 Å². The van der Waals surface area contributed by atoms with Gasteiger partial charge in [-0.1, -0.05) is 17.7 Å². The highest BCUT2D eigenvalue weighted by Gasteiger charge is 2.29. The summed E-state index contributed by atoms with van der Waals surface area (Å²) in [6, 6.07) is 9.64. The second-order valence-electron chi connectivity index (χ2n) is 7.45. The average Bonchev–Trinajstić information content (AvgIpc) is 3.41. The number of benzene rings is 1. The van der Waals surface area contributed by atoms with Gasteiger partial charge in [0.05, 0.1) is 16.8 Å². The van der Waals surface area contributed by atoms with Crippen molar-refractivity contribution in [2.45, 2.75) is 31.8 Å². The predicted octanol–water partition coefficient (Wildman–Crippen LogP) is 4.59. The van der Waals surface area contributed by atoms with Gasteiger partial charge in [0.15, 0.2) is 0 Å². The highest BCUT2D eigenvalue weighted by atomic mass is 35.5. The zero-order chi connectivity index (χ0) is 18.8. The number of halogens is 1. The van der Waals surface area contributed by atoms with Crippen molar-refractivity contribution in [3.63, 3.8) is 0 Å². The topological polar surface area (TPSA) is 43.8 Å². The molecule has 1 unspecified atom stereocenters. The van der Waals surface area contributed by atoms with Crippen molar-refractivity contribution < 1.29 is 9.90 Å². The zero-order valence-corrected chi connectivity index (χ0v) is 16.9. The molecule has 2 saturated heterocycles. The molecule has 1 atom stereocenters. The third-order valence-corrected chi connectivity index (χ3v) is 7.00. The van der Waals surface area contributed by atoms with Gasteiger partial charge in [-0.05, 0) is 61.2 Å². The van der Waals surface area contributed by atoms with Crippen LogP contribution in [0.1, 0.15) is 47.0 Å². The van der Waals surface area contributed by atoms with Gasteiger partial charge in [0.1, 0.15) is 0 Å². The molecule has 4 nitrogen and oxygen atoms in total. The number of piperidine rings is 1. The number of likely N-dealkylation sites (tertiary alicyclic amines) is 1. The maximum atomic E-state index is 12.9. The third kappa shape index (κ3) is 4.00. The molecule has 0 bridgehead atoms. The Morgan fingerprint density at radius 2 is 1.89 bits per heavy atom. The van der Waals surface area contributed by atoms with Gasteiger partial charge in [-0.15, -0.1) is 11.3 Å². The van der Waals surface area contributed by atoms with Gasteiger partial charge in [0.25, 0.3) is 5.91 Å². The Kier molecular flexibility index (Phi) is 5.71. The molecule has 2 fully saturated rings. The highest BCUT2D eigenvalue weighted by Crippen LogP contribution is 2.34.